The van der Waals surface area contributed by atoms with Crippen molar-refractivity contribution < 1.29 is 9.53 Å². The predicted molar refractivity (Wildman–Crippen MR) is 144 cm³/mol. The molecule has 3 heterocycles. The van der Waals surface area contributed by atoms with Crippen molar-refractivity contribution in [2.45, 2.75) is 6.04 Å². The summed E-state index contributed by atoms with van der Waals surface area (Å²) >= 11 is 12.7. The number of carbonyl (C=O) groups is 1. The van der Waals surface area contributed by atoms with Gasteiger partial charge < -0.3 is 25.2 Å². The molecule has 1 fully saturated rings. The third kappa shape index (κ3) is 4.92. The fourth-order valence-electron chi connectivity index (χ4n) is 4.54. The lowest BCUT2D eigenvalue weighted by Gasteiger charge is -2.35. The summed E-state index contributed by atoms with van der Waals surface area (Å²) in [6, 6.07) is 13.6. The van der Waals surface area contributed by atoms with Gasteiger partial charge in [-0.05, 0) is 36.4 Å². The van der Waals surface area contributed by atoms with Crippen molar-refractivity contribution in [2.75, 3.05) is 67.1 Å². The van der Waals surface area contributed by atoms with E-state index in [9.17, 15) is 4.79 Å². The van der Waals surface area contributed by atoms with Gasteiger partial charge in [0.1, 0.15) is 11.4 Å². The van der Waals surface area contributed by atoms with Crippen LogP contribution >= 0.6 is 23.2 Å². The summed E-state index contributed by atoms with van der Waals surface area (Å²) in [5, 5.41) is 7.53. The van der Waals surface area contributed by atoms with Gasteiger partial charge in [0.05, 0.1) is 29.0 Å². The van der Waals surface area contributed by atoms with Crippen LogP contribution < -0.4 is 25.3 Å². The van der Waals surface area contributed by atoms with E-state index in [1.54, 1.807) is 25.3 Å². The van der Waals surface area contributed by atoms with Crippen molar-refractivity contribution in [2.24, 2.45) is 0 Å². The molecule has 0 radical (unpaired) electrons. The van der Waals surface area contributed by atoms with E-state index in [1.807, 2.05) is 24.1 Å². The molecule has 0 aliphatic carbocycles. The van der Waals surface area contributed by atoms with Crippen LogP contribution in [0.4, 0.5) is 28.8 Å². The summed E-state index contributed by atoms with van der Waals surface area (Å²) in [5.41, 5.74) is 2.86. The van der Waals surface area contributed by atoms with Crippen LogP contribution in [0.25, 0.3) is 0 Å². The van der Waals surface area contributed by atoms with Crippen molar-refractivity contribution >= 4 is 57.9 Å². The third-order valence-electron chi connectivity index (χ3n) is 6.28. The van der Waals surface area contributed by atoms with Crippen LogP contribution in [-0.2, 0) is 4.74 Å². The van der Waals surface area contributed by atoms with Gasteiger partial charge in [0.2, 0.25) is 5.95 Å². The van der Waals surface area contributed by atoms with Crippen LogP contribution in [-0.4, -0.2) is 69.0 Å². The summed E-state index contributed by atoms with van der Waals surface area (Å²) < 4.78 is 5.29. The smallest absolute Gasteiger partial charge is 0.265 e. The maximum Gasteiger partial charge on any atom is 0.265 e. The van der Waals surface area contributed by atoms with E-state index in [0.717, 1.165) is 31.0 Å². The minimum atomic E-state index is -0.253. The molecule has 3 aromatic rings. The van der Waals surface area contributed by atoms with Gasteiger partial charge in [-0.25, -0.2) is 4.98 Å². The zero-order chi connectivity index (χ0) is 25.2. The summed E-state index contributed by atoms with van der Waals surface area (Å²) in [5.74, 6) is 0.697. The van der Waals surface area contributed by atoms with Crippen molar-refractivity contribution in [3.05, 3.63) is 64.3 Å². The molecule has 1 aromatic heterocycles. The number of hydrogen-bond acceptors (Lipinski definition) is 8. The number of benzene rings is 2. The molecule has 188 valence electrons. The Hall–Kier alpha value is -3.11. The number of nitrogens with zero attached hydrogens (tertiary/aromatic N) is 5. The molecule has 1 atom stereocenters. The second-order valence-electron chi connectivity index (χ2n) is 8.80. The van der Waals surface area contributed by atoms with Crippen LogP contribution in [0.1, 0.15) is 10.4 Å². The average Bonchev–Trinajstić information content (AvgIpc) is 2.88. The molecule has 0 saturated carbocycles. The van der Waals surface area contributed by atoms with E-state index < -0.39 is 0 Å². The molecule has 2 aliphatic rings. The molecule has 2 aromatic carbocycles. The summed E-state index contributed by atoms with van der Waals surface area (Å²) in [6.07, 6.45) is 1.53. The molecule has 0 bridgehead atoms. The van der Waals surface area contributed by atoms with E-state index in [4.69, 9.17) is 27.9 Å². The van der Waals surface area contributed by atoms with Gasteiger partial charge in [-0.2, -0.15) is 4.98 Å². The Labute approximate surface area is 220 Å². The third-order valence-corrected chi connectivity index (χ3v) is 6.89. The first-order valence-corrected chi connectivity index (χ1v) is 12.4. The maximum absolute atomic E-state index is 13.3. The Kier molecular flexibility index (Phi) is 7.15. The zero-order valence-corrected chi connectivity index (χ0v) is 21.6. The number of para-hydroxylation sites is 1. The number of hydrogen-bond donors (Lipinski definition) is 2. The van der Waals surface area contributed by atoms with Gasteiger partial charge in [0.15, 0.2) is 0 Å². The minimum absolute atomic E-state index is 0.253. The van der Waals surface area contributed by atoms with Crippen molar-refractivity contribution in [1.29, 1.82) is 0 Å². The number of aromatic nitrogens is 2. The van der Waals surface area contributed by atoms with Gasteiger partial charge in [0.25, 0.3) is 5.91 Å². The molecule has 2 N–H and O–H groups in total. The van der Waals surface area contributed by atoms with Crippen LogP contribution in [0.2, 0.25) is 10.0 Å². The van der Waals surface area contributed by atoms with Crippen LogP contribution in [0, 0.1) is 0 Å². The maximum atomic E-state index is 13.3. The van der Waals surface area contributed by atoms with Crippen LogP contribution in [0.5, 0.6) is 0 Å². The number of fused-ring (bicyclic) bond motifs is 1. The van der Waals surface area contributed by atoms with Crippen LogP contribution in [0.3, 0.4) is 0 Å². The van der Waals surface area contributed by atoms with Crippen molar-refractivity contribution in [3.63, 3.8) is 0 Å². The summed E-state index contributed by atoms with van der Waals surface area (Å²) in [4.78, 5) is 28.0. The molecular formula is C25H27Cl2N7O2. The molecule has 2 aliphatic heterocycles. The van der Waals surface area contributed by atoms with Gasteiger partial charge in [-0.15, -0.1) is 0 Å². The number of carbonyl (C=O) groups excluding carboxylic acids is 1. The topological polar surface area (TPSA) is 85.9 Å². The van der Waals surface area contributed by atoms with E-state index >= 15 is 0 Å². The first-order chi connectivity index (χ1) is 17.4. The Bertz CT molecular complexity index is 1240. The fraction of sp³-hybridized carbons (Fsp3) is 0.320. The number of piperazine rings is 1. The zero-order valence-electron chi connectivity index (χ0n) is 20.0. The molecule has 5 rings (SSSR count). The van der Waals surface area contributed by atoms with Gasteiger partial charge in [0, 0.05) is 57.4 Å². The number of amides is 1. The molecule has 0 spiro atoms. The van der Waals surface area contributed by atoms with E-state index in [1.165, 1.54) is 11.1 Å². The summed E-state index contributed by atoms with van der Waals surface area (Å²) in [7, 11) is 3.58. The standard InChI is InChI=1S/C25H27Cl2N7O2/c1-32-15-34(22-20(26)4-3-5-21(22)27)24(35)19-12-29-25(31-23(19)32)30-16-6-8-18(9-7-16)33-11-10-28-17(13-33)14-36-2/h3-9,12,17,28H,10-11,13-15H2,1-2H3,(H,29,30,31)/t17-/m1/s1. The molecule has 1 saturated heterocycles. The number of halogens is 2. The highest BCUT2D eigenvalue weighted by Gasteiger charge is 2.32. The minimum Gasteiger partial charge on any atom is -0.383 e. The van der Waals surface area contributed by atoms with Crippen molar-refractivity contribution in [1.82, 2.24) is 15.3 Å². The lowest BCUT2D eigenvalue weighted by atomic mass is 10.2. The molecule has 0 unspecified atom stereocenters. The first kappa shape index (κ1) is 24.6. The Morgan fingerprint density at radius 3 is 2.64 bits per heavy atom. The Morgan fingerprint density at radius 1 is 1.17 bits per heavy atom. The monoisotopic (exact) mass is 527 g/mol. The van der Waals surface area contributed by atoms with Gasteiger partial charge in [-0.3, -0.25) is 9.69 Å². The predicted octanol–water partition coefficient (Wildman–Crippen LogP) is 4.01. The number of methoxy groups -OCH3 is 1. The highest BCUT2D eigenvalue weighted by atomic mass is 35.5. The average molecular weight is 528 g/mol. The Balaban J connectivity index is 1.31. The van der Waals surface area contributed by atoms with E-state index in [2.05, 4.69) is 37.6 Å². The van der Waals surface area contributed by atoms with E-state index in [0.29, 0.717) is 45.7 Å². The normalized spacial score (nSPS) is 17.8. The molecule has 1 amide bonds. The highest BCUT2D eigenvalue weighted by molar-refractivity contribution is 6.40. The second kappa shape index (κ2) is 10.5. The highest BCUT2D eigenvalue weighted by Crippen LogP contribution is 2.37. The number of ether oxygens (including phenoxy) is 1. The van der Waals surface area contributed by atoms with E-state index in [-0.39, 0.29) is 12.6 Å². The lowest BCUT2D eigenvalue weighted by Crippen LogP contribution is -2.52. The molecular weight excluding hydrogens is 501 g/mol. The fourth-order valence-corrected chi connectivity index (χ4v) is 5.14. The Morgan fingerprint density at radius 2 is 1.92 bits per heavy atom. The molecule has 9 nitrogen and oxygen atoms in total. The molecule has 36 heavy (non-hydrogen) atoms. The first-order valence-electron chi connectivity index (χ1n) is 11.6. The summed E-state index contributed by atoms with van der Waals surface area (Å²) in [6.45, 7) is 3.70. The molecule has 11 heteroatoms. The lowest BCUT2D eigenvalue weighted by molar-refractivity contribution is 0.0982. The second-order valence-corrected chi connectivity index (χ2v) is 9.61. The van der Waals surface area contributed by atoms with Crippen LogP contribution in [0.15, 0.2) is 48.7 Å². The number of anilines is 5. The quantitative estimate of drug-likeness (QED) is 0.497. The van der Waals surface area contributed by atoms with Gasteiger partial charge >= 0.3 is 0 Å². The van der Waals surface area contributed by atoms with Gasteiger partial charge in [-0.1, -0.05) is 29.3 Å². The number of nitrogens with one attached hydrogen (secondary N) is 2. The number of rotatable bonds is 6. The van der Waals surface area contributed by atoms with Crippen molar-refractivity contribution in [3.8, 4) is 0 Å². The SMILES string of the molecule is COC[C@H]1CN(c2ccc(Nc3ncc4c(n3)N(C)CN(c3c(Cl)cccc3Cl)C4=O)cc2)CCN1. The largest absolute Gasteiger partial charge is 0.383 e.